The molecule has 3 nitrogen and oxygen atoms in total. The summed E-state index contributed by atoms with van der Waals surface area (Å²) in [6.45, 7) is 0. The zero-order chi connectivity index (χ0) is 10.8. The van der Waals surface area contributed by atoms with E-state index in [1.807, 2.05) is 0 Å². The summed E-state index contributed by atoms with van der Waals surface area (Å²) in [4.78, 5) is 0. The van der Waals surface area contributed by atoms with Gasteiger partial charge in [-0.3, -0.25) is 0 Å². The third-order valence-corrected chi connectivity index (χ3v) is 2.65. The summed E-state index contributed by atoms with van der Waals surface area (Å²) in [7, 11) is 0. The number of amidine groups is 1. The van der Waals surface area contributed by atoms with Gasteiger partial charge in [0.1, 0.15) is 11.7 Å². The van der Waals surface area contributed by atoms with Gasteiger partial charge in [0, 0.05) is 16.5 Å². The molecule has 0 radical (unpaired) electrons. The van der Waals surface area contributed by atoms with Gasteiger partial charge in [0.15, 0.2) is 0 Å². The summed E-state index contributed by atoms with van der Waals surface area (Å²) in [5.74, 6) is 0.204. The molecule has 0 aromatic heterocycles. The lowest BCUT2D eigenvalue weighted by atomic mass is 10.0. The second-order valence-corrected chi connectivity index (χ2v) is 4.18. The van der Waals surface area contributed by atoms with E-state index < -0.39 is 0 Å². The van der Waals surface area contributed by atoms with Gasteiger partial charge in [0.05, 0.1) is 5.71 Å². The van der Waals surface area contributed by atoms with Gasteiger partial charge in [-0.25, -0.2) is 4.39 Å². The van der Waals surface area contributed by atoms with Crippen LogP contribution in [0.15, 0.2) is 32.9 Å². The first-order valence-corrected chi connectivity index (χ1v) is 5.30. The molecule has 2 N–H and O–H groups in total. The van der Waals surface area contributed by atoms with Crippen molar-refractivity contribution in [1.82, 2.24) is 0 Å². The van der Waals surface area contributed by atoms with E-state index >= 15 is 0 Å². The summed E-state index contributed by atoms with van der Waals surface area (Å²) in [6.07, 6.45) is 1.27. The van der Waals surface area contributed by atoms with Gasteiger partial charge >= 0.3 is 0 Å². The maximum atomic E-state index is 13.5. The Labute approximate surface area is 95.0 Å². The summed E-state index contributed by atoms with van der Waals surface area (Å²) in [5.41, 5.74) is 6.62. The van der Waals surface area contributed by atoms with Crippen LogP contribution in [0.3, 0.4) is 0 Å². The summed E-state index contributed by atoms with van der Waals surface area (Å²) in [5, 5.41) is 7.65. The van der Waals surface area contributed by atoms with Gasteiger partial charge in [-0.2, -0.15) is 5.10 Å². The quantitative estimate of drug-likeness (QED) is 0.837. The van der Waals surface area contributed by atoms with Crippen LogP contribution in [-0.4, -0.2) is 11.5 Å². The van der Waals surface area contributed by atoms with E-state index in [4.69, 9.17) is 5.73 Å². The van der Waals surface area contributed by atoms with E-state index in [-0.39, 0.29) is 5.82 Å². The van der Waals surface area contributed by atoms with Crippen LogP contribution in [0.2, 0.25) is 0 Å². The molecule has 0 amide bonds. The maximum Gasteiger partial charge on any atom is 0.133 e. The van der Waals surface area contributed by atoms with E-state index in [0.717, 1.165) is 0 Å². The molecule has 1 aliphatic rings. The first-order chi connectivity index (χ1) is 7.16. The first kappa shape index (κ1) is 10.3. The molecule has 5 heteroatoms. The third kappa shape index (κ3) is 2.23. The van der Waals surface area contributed by atoms with Gasteiger partial charge in [-0.15, -0.1) is 5.10 Å². The van der Waals surface area contributed by atoms with Gasteiger partial charge in [-0.1, -0.05) is 15.9 Å². The van der Waals surface area contributed by atoms with Crippen LogP contribution in [0.4, 0.5) is 4.39 Å². The Kier molecular flexibility index (Phi) is 2.81. The zero-order valence-corrected chi connectivity index (χ0v) is 9.46. The monoisotopic (exact) mass is 269 g/mol. The number of nitrogens with two attached hydrogens (primary N) is 1. The number of rotatable bonds is 1. The molecule has 15 heavy (non-hydrogen) atoms. The Bertz CT molecular complexity index is 454. The molecule has 1 aromatic rings. The molecule has 0 unspecified atom stereocenters. The summed E-state index contributed by atoms with van der Waals surface area (Å²) < 4.78 is 14.3. The minimum absolute atomic E-state index is 0.293. The molecule has 0 bridgehead atoms. The van der Waals surface area contributed by atoms with E-state index in [2.05, 4.69) is 26.1 Å². The average Bonchev–Trinajstić information content (AvgIpc) is 2.20. The van der Waals surface area contributed by atoms with Gasteiger partial charge in [0.25, 0.3) is 0 Å². The smallest absolute Gasteiger partial charge is 0.133 e. The largest absolute Gasteiger partial charge is 0.386 e. The van der Waals surface area contributed by atoms with Gasteiger partial charge in [0.2, 0.25) is 0 Å². The van der Waals surface area contributed by atoms with Crippen LogP contribution in [0.5, 0.6) is 0 Å². The molecule has 0 aliphatic carbocycles. The summed E-state index contributed by atoms with van der Waals surface area (Å²) >= 11 is 3.20. The van der Waals surface area contributed by atoms with E-state index in [1.54, 1.807) is 12.1 Å². The van der Waals surface area contributed by atoms with E-state index in [9.17, 15) is 4.39 Å². The van der Waals surface area contributed by atoms with Crippen molar-refractivity contribution in [3.8, 4) is 0 Å². The van der Waals surface area contributed by atoms with Crippen LogP contribution in [0.25, 0.3) is 0 Å². The molecular weight excluding hydrogens is 261 g/mol. The number of hydrogen-bond donors (Lipinski definition) is 1. The van der Waals surface area contributed by atoms with Crippen molar-refractivity contribution < 1.29 is 4.39 Å². The Morgan fingerprint density at radius 2 is 2.07 bits per heavy atom. The van der Waals surface area contributed by atoms with Crippen molar-refractivity contribution in [3.63, 3.8) is 0 Å². The number of hydrogen-bond acceptors (Lipinski definition) is 3. The highest BCUT2D eigenvalue weighted by Crippen LogP contribution is 2.19. The highest BCUT2D eigenvalue weighted by molar-refractivity contribution is 9.10. The molecule has 0 spiro atoms. The molecule has 0 saturated heterocycles. The van der Waals surface area contributed by atoms with E-state index in [1.165, 1.54) is 6.07 Å². The highest BCUT2D eigenvalue weighted by Gasteiger charge is 2.13. The van der Waals surface area contributed by atoms with Crippen molar-refractivity contribution in [3.05, 3.63) is 34.1 Å². The van der Waals surface area contributed by atoms with Crippen LogP contribution in [0.1, 0.15) is 18.4 Å². The van der Waals surface area contributed by atoms with Crippen molar-refractivity contribution in [2.24, 2.45) is 15.9 Å². The Hall–Kier alpha value is -1.23. The first-order valence-electron chi connectivity index (χ1n) is 4.51. The fourth-order valence-corrected chi connectivity index (χ4v) is 1.72. The van der Waals surface area contributed by atoms with Crippen molar-refractivity contribution in [2.75, 3.05) is 0 Å². The molecule has 0 atom stereocenters. The third-order valence-electron chi connectivity index (χ3n) is 2.16. The topological polar surface area (TPSA) is 50.7 Å². The molecule has 78 valence electrons. The average molecular weight is 270 g/mol. The Morgan fingerprint density at radius 3 is 2.67 bits per heavy atom. The Balaban J connectivity index is 2.38. The molecule has 1 aromatic carbocycles. The number of benzene rings is 1. The predicted molar refractivity (Wildman–Crippen MR) is 61.5 cm³/mol. The number of nitrogens with zero attached hydrogens (tertiary/aromatic N) is 2. The van der Waals surface area contributed by atoms with Crippen molar-refractivity contribution >= 4 is 27.5 Å². The Morgan fingerprint density at radius 1 is 1.27 bits per heavy atom. The minimum Gasteiger partial charge on any atom is -0.386 e. The highest BCUT2D eigenvalue weighted by atomic mass is 79.9. The standard InChI is InChI=1S/C10H9BrFN3/c11-6-1-2-7(8(12)5-6)9-3-4-10(13)15-14-9/h1-2,5H,3-4H2,(H2,13,15). The second kappa shape index (κ2) is 4.10. The van der Waals surface area contributed by atoms with Crippen LogP contribution < -0.4 is 5.73 Å². The lowest BCUT2D eigenvalue weighted by Gasteiger charge is -2.10. The fourth-order valence-electron chi connectivity index (χ4n) is 1.38. The maximum absolute atomic E-state index is 13.5. The fraction of sp³-hybridized carbons (Fsp3) is 0.200. The SMILES string of the molecule is NC1=NN=C(c2ccc(Br)cc2F)CC1. The van der Waals surface area contributed by atoms with E-state index in [0.29, 0.717) is 34.4 Å². The lowest BCUT2D eigenvalue weighted by molar-refractivity contribution is 0.623. The van der Waals surface area contributed by atoms with Crippen LogP contribution in [0, 0.1) is 5.82 Å². The zero-order valence-electron chi connectivity index (χ0n) is 7.87. The normalized spacial score (nSPS) is 15.9. The van der Waals surface area contributed by atoms with Crippen molar-refractivity contribution in [2.45, 2.75) is 12.8 Å². The molecular formula is C10H9BrFN3. The minimum atomic E-state index is -0.293. The van der Waals surface area contributed by atoms with Gasteiger partial charge < -0.3 is 5.73 Å². The van der Waals surface area contributed by atoms with Gasteiger partial charge in [-0.05, 0) is 24.6 Å². The predicted octanol–water partition coefficient (Wildman–Crippen LogP) is 2.44. The summed E-state index contributed by atoms with van der Waals surface area (Å²) in [6, 6.07) is 4.89. The van der Waals surface area contributed by atoms with Crippen molar-refractivity contribution in [1.29, 1.82) is 0 Å². The molecule has 0 saturated carbocycles. The molecule has 2 rings (SSSR count). The lowest BCUT2D eigenvalue weighted by Crippen LogP contribution is -2.18. The number of halogens is 2. The van der Waals surface area contributed by atoms with Crippen LogP contribution in [-0.2, 0) is 0 Å². The molecule has 1 heterocycles. The second-order valence-electron chi connectivity index (χ2n) is 3.26. The molecule has 0 fully saturated rings. The molecule has 1 aliphatic heterocycles. The van der Waals surface area contributed by atoms with Crippen LogP contribution >= 0.6 is 15.9 Å².